The minimum Gasteiger partial charge on any atom is -0.457 e. The lowest BCUT2D eigenvalue weighted by Crippen LogP contribution is -2.24. The molecular weight excluding hydrogens is 198 g/mol. The number of rotatable bonds is 6. The number of carbonyl (C=O) groups is 1. The van der Waals surface area contributed by atoms with Crippen LogP contribution >= 0.6 is 0 Å². The summed E-state index contributed by atoms with van der Waals surface area (Å²) in [4.78, 5) is 11.1. The number of allylic oxidation sites excluding steroid dienone is 1. The number of nitrogens with two attached hydrogens (primary N) is 1. The topological polar surface area (TPSA) is 81.8 Å². The lowest BCUT2D eigenvalue weighted by Gasteiger charge is -2.15. The molecule has 0 saturated heterocycles. The maximum absolute atomic E-state index is 11.1. The van der Waals surface area contributed by atoms with Crippen molar-refractivity contribution < 1.29 is 19.4 Å². The van der Waals surface area contributed by atoms with Gasteiger partial charge in [-0.05, 0) is 20.8 Å². The Morgan fingerprint density at radius 1 is 1.47 bits per heavy atom. The van der Waals surface area contributed by atoms with Gasteiger partial charge < -0.3 is 20.3 Å². The van der Waals surface area contributed by atoms with Crippen LogP contribution in [0.5, 0.6) is 0 Å². The van der Waals surface area contributed by atoms with E-state index in [0.717, 1.165) is 0 Å². The Labute approximate surface area is 89.9 Å². The van der Waals surface area contributed by atoms with E-state index >= 15 is 0 Å². The summed E-state index contributed by atoms with van der Waals surface area (Å²) in [6.45, 7) is 5.25. The molecule has 0 bridgehead atoms. The molecule has 2 unspecified atom stereocenters. The van der Waals surface area contributed by atoms with E-state index in [0.29, 0.717) is 5.70 Å². The third-order valence-electron chi connectivity index (χ3n) is 1.54. The summed E-state index contributed by atoms with van der Waals surface area (Å²) in [5, 5.41) is 8.69. The van der Waals surface area contributed by atoms with Crippen LogP contribution in [0.15, 0.2) is 11.8 Å². The molecule has 5 heteroatoms. The van der Waals surface area contributed by atoms with Gasteiger partial charge in [0.05, 0.1) is 19.3 Å². The highest BCUT2D eigenvalue weighted by molar-refractivity contribution is 5.82. The van der Waals surface area contributed by atoms with Gasteiger partial charge in [0, 0.05) is 11.8 Å². The molecule has 5 nitrogen and oxygen atoms in total. The Hall–Kier alpha value is -1.07. The largest absolute Gasteiger partial charge is 0.457 e. The van der Waals surface area contributed by atoms with Crippen LogP contribution in [0.2, 0.25) is 0 Å². The third kappa shape index (κ3) is 7.96. The Bertz CT molecular complexity index is 223. The van der Waals surface area contributed by atoms with Crippen molar-refractivity contribution in [1.29, 1.82) is 0 Å². The van der Waals surface area contributed by atoms with Gasteiger partial charge in [0.2, 0.25) is 0 Å². The van der Waals surface area contributed by atoms with Crippen molar-refractivity contribution in [3.8, 4) is 0 Å². The molecule has 2 atom stereocenters. The molecule has 0 fully saturated rings. The van der Waals surface area contributed by atoms with Crippen molar-refractivity contribution in [1.82, 2.24) is 0 Å². The maximum atomic E-state index is 11.1. The first-order valence-electron chi connectivity index (χ1n) is 4.82. The average molecular weight is 217 g/mol. The van der Waals surface area contributed by atoms with Crippen LogP contribution in [0.1, 0.15) is 20.8 Å². The highest BCUT2D eigenvalue weighted by atomic mass is 16.6. The molecule has 0 spiro atoms. The van der Waals surface area contributed by atoms with E-state index in [4.69, 9.17) is 20.3 Å². The van der Waals surface area contributed by atoms with E-state index in [1.165, 1.54) is 6.08 Å². The number of aliphatic hydroxyl groups is 1. The Balaban J connectivity index is 3.79. The summed E-state index contributed by atoms with van der Waals surface area (Å²) in [7, 11) is 0. The van der Waals surface area contributed by atoms with Crippen molar-refractivity contribution in [2.24, 2.45) is 5.73 Å². The molecule has 15 heavy (non-hydrogen) atoms. The standard InChI is InChI=1S/C10H19NO4/c1-7(11)4-10(13)15-9(3)6-14-8(2)5-12/h4,8-9,12H,5-6,11H2,1-3H3/b7-4-. The summed E-state index contributed by atoms with van der Waals surface area (Å²) in [6.07, 6.45) is 0.603. The highest BCUT2D eigenvalue weighted by Crippen LogP contribution is 1.98. The molecule has 0 saturated carbocycles. The number of aliphatic hydroxyl groups excluding tert-OH is 1. The molecule has 0 aliphatic heterocycles. The molecule has 0 aromatic heterocycles. The monoisotopic (exact) mass is 217 g/mol. The zero-order valence-electron chi connectivity index (χ0n) is 9.40. The first kappa shape index (κ1) is 13.9. The number of hydrogen-bond donors (Lipinski definition) is 2. The van der Waals surface area contributed by atoms with Gasteiger partial charge in [-0.2, -0.15) is 0 Å². The zero-order chi connectivity index (χ0) is 11.8. The van der Waals surface area contributed by atoms with Gasteiger partial charge >= 0.3 is 5.97 Å². The van der Waals surface area contributed by atoms with Crippen LogP contribution in [0.3, 0.4) is 0 Å². The minimum atomic E-state index is -0.484. The van der Waals surface area contributed by atoms with Crippen molar-refractivity contribution in [2.45, 2.75) is 33.0 Å². The fourth-order valence-corrected chi connectivity index (χ4v) is 0.805. The van der Waals surface area contributed by atoms with Crippen molar-refractivity contribution >= 4 is 5.97 Å². The van der Waals surface area contributed by atoms with Gasteiger partial charge in [-0.25, -0.2) is 4.79 Å². The quantitative estimate of drug-likeness (QED) is 0.490. The number of ether oxygens (including phenoxy) is 2. The van der Waals surface area contributed by atoms with Gasteiger partial charge in [-0.15, -0.1) is 0 Å². The summed E-state index contributed by atoms with van der Waals surface area (Å²) >= 11 is 0. The second kappa shape index (κ2) is 7.25. The van der Waals surface area contributed by atoms with Gasteiger partial charge in [0.25, 0.3) is 0 Å². The lowest BCUT2D eigenvalue weighted by molar-refractivity contribution is -0.146. The lowest BCUT2D eigenvalue weighted by atomic mass is 10.4. The van der Waals surface area contributed by atoms with Gasteiger partial charge in [-0.1, -0.05) is 0 Å². The molecule has 0 rings (SSSR count). The molecule has 0 aromatic rings. The number of esters is 1. The van der Waals surface area contributed by atoms with E-state index in [-0.39, 0.29) is 25.4 Å². The van der Waals surface area contributed by atoms with E-state index < -0.39 is 5.97 Å². The van der Waals surface area contributed by atoms with Gasteiger partial charge in [0.1, 0.15) is 6.10 Å². The Kier molecular flexibility index (Phi) is 6.73. The fraction of sp³-hybridized carbons (Fsp3) is 0.700. The molecule has 0 aliphatic rings. The van der Waals surface area contributed by atoms with Crippen molar-refractivity contribution in [2.75, 3.05) is 13.2 Å². The summed E-state index contributed by atoms with van der Waals surface area (Å²) in [5.41, 5.74) is 5.71. The van der Waals surface area contributed by atoms with E-state index in [1.807, 2.05) is 0 Å². The third-order valence-corrected chi connectivity index (χ3v) is 1.54. The molecule has 0 heterocycles. The number of carbonyl (C=O) groups excluding carboxylic acids is 1. The molecule has 0 radical (unpaired) electrons. The van der Waals surface area contributed by atoms with E-state index in [1.54, 1.807) is 20.8 Å². The van der Waals surface area contributed by atoms with E-state index in [9.17, 15) is 4.79 Å². The van der Waals surface area contributed by atoms with Gasteiger partial charge in [0.15, 0.2) is 0 Å². The molecular formula is C10H19NO4. The first-order chi connectivity index (χ1) is 6.95. The zero-order valence-corrected chi connectivity index (χ0v) is 9.40. The molecule has 3 N–H and O–H groups in total. The normalized spacial score (nSPS) is 15.9. The fourth-order valence-electron chi connectivity index (χ4n) is 0.805. The van der Waals surface area contributed by atoms with Gasteiger partial charge in [-0.3, -0.25) is 0 Å². The first-order valence-corrected chi connectivity index (χ1v) is 4.82. The van der Waals surface area contributed by atoms with Crippen LogP contribution in [-0.4, -0.2) is 36.5 Å². The van der Waals surface area contributed by atoms with Crippen LogP contribution < -0.4 is 5.73 Å². The molecule has 0 aliphatic carbocycles. The average Bonchev–Trinajstić information content (AvgIpc) is 2.12. The Morgan fingerprint density at radius 2 is 2.07 bits per heavy atom. The maximum Gasteiger partial charge on any atom is 0.332 e. The van der Waals surface area contributed by atoms with Crippen LogP contribution in [-0.2, 0) is 14.3 Å². The second-order valence-electron chi connectivity index (χ2n) is 3.46. The van der Waals surface area contributed by atoms with Crippen LogP contribution in [0, 0.1) is 0 Å². The summed E-state index contributed by atoms with van der Waals surface area (Å²) in [5.74, 6) is -0.484. The Morgan fingerprint density at radius 3 is 2.53 bits per heavy atom. The summed E-state index contributed by atoms with van der Waals surface area (Å²) in [6, 6.07) is 0. The SMILES string of the molecule is C/C(N)=C/C(=O)OC(C)COC(C)CO. The predicted octanol–water partition coefficient (Wildman–Crippen LogP) is 0.178. The van der Waals surface area contributed by atoms with Crippen LogP contribution in [0.4, 0.5) is 0 Å². The van der Waals surface area contributed by atoms with Crippen molar-refractivity contribution in [3.05, 3.63) is 11.8 Å². The van der Waals surface area contributed by atoms with Crippen LogP contribution in [0.25, 0.3) is 0 Å². The second-order valence-corrected chi connectivity index (χ2v) is 3.46. The van der Waals surface area contributed by atoms with E-state index in [2.05, 4.69) is 0 Å². The smallest absolute Gasteiger partial charge is 0.332 e. The molecule has 0 amide bonds. The minimum absolute atomic E-state index is 0.0531. The highest BCUT2D eigenvalue weighted by Gasteiger charge is 2.09. The number of hydrogen-bond acceptors (Lipinski definition) is 5. The molecule has 88 valence electrons. The predicted molar refractivity (Wildman–Crippen MR) is 56.0 cm³/mol. The molecule has 0 aromatic carbocycles. The van der Waals surface area contributed by atoms with Crippen molar-refractivity contribution in [3.63, 3.8) is 0 Å². The summed E-state index contributed by atoms with van der Waals surface area (Å²) < 4.78 is 10.1.